The van der Waals surface area contributed by atoms with Gasteiger partial charge in [-0.15, -0.1) is 0 Å². The Morgan fingerprint density at radius 1 is 0.871 bits per heavy atom. The van der Waals surface area contributed by atoms with E-state index in [9.17, 15) is 14.4 Å². The van der Waals surface area contributed by atoms with Gasteiger partial charge in [0.05, 0.1) is 6.26 Å². The third kappa shape index (κ3) is 5.32. The molecule has 3 amide bonds. The molecule has 164 valence electrons. The maximum atomic E-state index is 12.6. The van der Waals surface area contributed by atoms with E-state index in [4.69, 9.17) is 4.42 Å². The lowest BCUT2D eigenvalue weighted by atomic mass is 10.0. The van der Waals surface area contributed by atoms with E-state index >= 15 is 0 Å². The van der Waals surface area contributed by atoms with Crippen molar-refractivity contribution in [3.8, 4) is 0 Å². The fraction of sp³-hybridized carbons (Fsp3) is 0.435. The fourth-order valence-electron chi connectivity index (χ4n) is 4.14. The van der Waals surface area contributed by atoms with Gasteiger partial charge in [0.25, 0.3) is 5.91 Å². The predicted octanol–water partition coefficient (Wildman–Crippen LogP) is 1.34. The Morgan fingerprint density at radius 3 is 2.19 bits per heavy atom. The number of hydrogen-bond acceptors (Lipinski definition) is 5. The number of nitrogens with one attached hydrogen (secondary N) is 1. The Bertz CT molecular complexity index is 884. The van der Waals surface area contributed by atoms with Crippen molar-refractivity contribution in [2.24, 2.45) is 0 Å². The molecule has 1 aromatic heterocycles. The van der Waals surface area contributed by atoms with Crippen LogP contribution in [0.3, 0.4) is 0 Å². The number of hydrogen-bond donors (Lipinski definition) is 1. The Balaban J connectivity index is 1.19. The summed E-state index contributed by atoms with van der Waals surface area (Å²) in [5.41, 5.74) is 1.28. The molecule has 2 aliphatic rings. The molecular formula is C23H28N4O4. The summed E-state index contributed by atoms with van der Waals surface area (Å²) in [6.45, 7) is 4.14. The van der Waals surface area contributed by atoms with Crippen molar-refractivity contribution >= 4 is 17.7 Å². The zero-order valence-corrected chi connectivity index (χ0v) is 17.5. The molecule has 0 atom stereocenters. The Labute approximate surface area is 181 Å². The molecule has 0 spiro atoms. The number of piperidine rings is 1. The van der Waals surface area contributed by atoms with Crippen LogP contribution in [0.1, 0.15) is 29.0 Å². The Morgan fingerprint density at radius 2 is 1.55 bits per heavy atom. The lowest BCUT2D eigenvalue weighted by Gasteiger charge is -2.35. The predicted molar refractivity (Wildman–Crippen MR) is 114 cm³/mol. The van der Waals surface area contributed by atoms with Crippen LogP contribution in [0.5, 0.6) is 0 Å². The van der Waals surface area contributed by atoms with Crippen molar-refractivity contribution in [2.75, 3.05) is 39.3 Å². The van der Waals surface area contributed by atoms with Crippen LogP contribution >= 0.6 is 0 Å². The van der Waals surface area contributed by atoms with Crippen LogP contribution in [0.2, 0.25) is 0 Å². The smallest absolute Gasteiger partial charge is 0.312 e. The van der Waals surface area contributed by atoms with Crippen LogP contribution in [-0.2, 0) is 16.1 Å². The zero-order chi connectivity index (χ0) is 21.6. The monoisotopic (exact) mass is 424 g/mol. The molecule has 2 saturated heterocycles. The Hall–Kier alpha value is -3.13. The summed E-state index contributed by atoms with van der Waals surface area (Å²) in [6, 6.07) is 13.6. The molecule has 3 heterocycles. The molecule has 8 heteroatoms. The summed E-state index contributed by atoms with van der Waals surface area (Å²) in [6.07, 6.45) is 3.12. The fourth-order valence-corrected chi connectivity index (χ4v) is 4.14. The van der Waals surface area contributed by atoms with Gasteiger partial charge in [-0.25, -0.2) is 0 Å². The second-order valence-electron chi connectivity index (χ2n) is 8.07. The molecule has 2 fully saturated rings. The molecule has 4 rings (SSSR count). The number of piperazine rings is 1. The maximum Gasteiger partial charge on any atom is 0.312 e. The largest absolute Gasteiger partial charge is 0.459 e. The minimum absolute atomic E-state index is 0.0188. The second-order valence-corrected chi connectivity index (χ2v) is 8.07. The van der Waals surface area contributed by atoms with Gasteiger partial charge in [0.15, 0.2) is 5.76 Å². The molecule has 0 aliphatic carbocycles. The molecule has 1 aromatic carbocycles. The van der Waals surface area contributed by atoms with Gasteiger partial charge in [-0.05, 0) is 30.5 Å². The van der Waals surface area contributed by atoms with Crippen molar-refractivity contribution in [1.82, 2.24) is 20.0 Å². The highest BCUT2D eigenvalue weighted by molar-refractivity contribution is 6.35. The highest BCUT2D eigenvalue weighted by atomic mass is 16.3. The topological polar surface area (TPSA) is 86.1 Å². The number of benzene rings is 1. The van der Waals surface area contributed by atoms with Gasteiger partial charge < -0.3 is 19.5 Å². The van der Waals surface area contributed by atoms with Crippen LogP contribution < -0.4 is 5.32 Å². The summed E-state index contributed by atoms with van der Waals surface area (Å²) < 4.78 is 5.15. The van der Waals surface area contributed by atoms with Crippen LogP contribution in [0.25, 0.3) is 0 Å². The molecule has 2 aliphatic heterocycles. The molecule has 0 bridgehead atoms. The minimum Gasteiger partial charge on any atom is -0.459 e. The van der Waals surface area contributed by atoms with E-state index in [1.807, 2.05) is 18.2 Å². The number of carbonyl (C=O) groups excluding carboxylic acids is 3. The molecule has 0 unspecified atom stereocenters. The third-order valence-electron chi connectivity index (χ3n) is 5.95. The van der Waals surface area contributed by atoms with Gasteiger partial charge in [-0.2, -0.15) is 0 Å². The van der Waals surface area contributed by atoms with Crippen molar-refractivity contribution in [3.63, 3.8) is 0 Å². The summed E-state index contributed by atoms with van der Waals surface area (Å²) in [4.78, 5) is 42.9. The van der Waals surface area contributed by atoms with Crippen molar-refractivity contribution < 1.29 is 18.8 Å². The van der Waals surface area contributed by atoms with Gasteiger partial charge in [0, 0.05) is 51.9 Å². The van der Waals surface area contributed by atoms with Crippen LogP contribution in [0.4, 0.5) is 0 Å². The molecular weight excluding hydrogens is 396 g/mol. The number of carbonyl (C=O) groups is 3. The van der Waals surface area contributed by atoms with E-state index in [0.717, 1.165) is 32.5 Å². The van der Waals surface area contributed by atoms with Gasteiger partial charge in [0.1, 0.15) is 0 Å². The number of furan rings is 1. The summed E-state index contributed by atoms with van der Waals surface area (Å²) in [5.74, 6) is -0.968. The van der Waals surface area contributed by atoms with Crippen LogP contribution in [0.15, 0.2) is 53.1 Å². The lowest BCUT2D eigenvalue weighted by molar-refractivity contribution is -0.147. The zero-order valence-electron chi connectivity index (χ0n) is 17.5. The molecule has 8 nitrogen and oxygen atoms in total. The Kier molecular flexibility index (Phi) is 6.66. The van der Waals surface area contributed by atoms with Crippen molar-refractivity contribution in [1.29, 1.82) is 0 Å². The van der Waals surface area contributed by atoms with Gasteiger partial charge in [-0.3, -0.25) is 19.3 Å². The third-order valence-corrected chi connectivity index (χ3v) is 5.95. The van der Waals surface area contributed by atoms with E-state index in [-0.39, 0.29) is 17.7 Å². The highest BCUT2D eigenvalue weighted by Crippen LogP contribution is 2.14. The van der Waals surface area contributed by atoms with E-state index in [0.29, 0.717) is 26.2 Å². The summed E-state index contributed by atoms with van der Waals surface area (Å²) in [5, 5.41) is 2.90. The quantitative estimate of drug-likeness (QED) is 0.749. The second kappa shape index (κ2) is 9.78. The molecule has 2 aromatic rings. The number of rotatable bonds is 4. The average molecular weight is 425 g/mol. The van der Waals surface area contributed by atoms with E-state index in [2.05, 4.69) is 22.3 Å². The van der Waals surface area contributed by atoms with Crippen molar-refractivity contribution in [3.05, 3.63) is 60.1 Å². The summed E-state index contributed by atoms with van der Waals surface area (Å²) >= 11 is 0. The van der Waals surface area contributed by atoms with E-state index in [1.54, 1.807) is 17.0 Å². The first kappa shape index (κ1) is 21.1. The first-order valence-electron chi connectivity index (χ1n) is 10.8. The average Bonchev–Trinajstić information content (AvgIpc) is 3.35. The number of likely N-dealkylation sites (tertiary alicyclic amines) is 1. The van der Waals surface area contributed by atoms with Gasteiger partial charge in [-0.1, -0.05) is 30.3 Å². The first-order chi connectivity index (χ1) is 15.1. The van der Waals surface area contributed by atoms with E-state index < -0.39 is 11.8 Å². The number of amides is 3. The molecule has 0 saturated carbocycles. The van der Waals surface area contributed by atoms with Gasteiger partial charge in [0.2, 0.25) is 0 Å². The molecule has 31 heavy (non-hydrogen) atoms. The molecule has 1 N–H and O–H groups in total. The highest BCUT2D eigenvalue weighted by Gasteiger charge is 2.30. The standard InChI is InChI=1S/C23H28N4O4/c28-21(24-19-8-10-25(11-9-19)17-18-5-2-1-3-6-18)23(30)27-14-12-26(13-15-27)22(29)20-7-4-16-31-20/h1-7,16,19H,8-15,17H2,(H,24,28). The van der Waals surface area contributed by atoms with Crippen LogP contribution in [0, 0.1) is 0 Å². The normalized spacial score (nSPS) is 18.1. The first-order valence-corrected chi connectivity index (χ1v) is 10.8. The lowest BCUT2D eigenvalue weighted by Crippen LogP contribution is -2.55. The minimum atomic E-state index is -0.549. The maximum absolute atomic E-state index is 12.6. The SMILES string of the molecule is O=C(NC1CCN(Cc2ccccc2)CC1)C(=O)N1CCN(C(=O)c2ccco2)CC1. The van der Waals surface area contributed by atoms with Crippen molar-refractivity contribution in [2.45, 2.75) is 25.4 Å². The van der Waals surface area contributed by atoms with Gasteiger partial charge >= 0.3 is 11.8 Å². The van der Waals surface area contributed by atoms with E-state index in [1.165, 1.54) is 16.7 Å². The summed E-state index contributed by atoms with van der Waals surface area (Å²) in [7, 11) is 0. The number of nitrogens with zero attached hydrogens (tertiary/aromatic N) is 3. The van der Waals surface area contributed by atoms with Crippen LogP contribution in [-0.4, -0.2) is 77.7 Å². The molecule has 0 radical (unpaired) electrons.